The van der Waals surface area contributed by atoms with Gasteiger partial charge in [0.1, 0.15) is 17.8 Å². The fourth-order valence-electron chi connectivity index (χ4n) is 2.31. The van der Waals surface area contributed by atoms with Gasteiger partial charge in [0, 0.05) is 38.6 Å². The lowest BCUT2D eigenvalue weighted by molar-refractivity contribution is 0.0948. The maximum atomic E-state index is 12.1. The molecule has 2 rings (SSSR count). The molecule has 1 amide bonds. The number of hydrogen-bond acceptors (Lipinski definition) is 5. The molecule has 6 nitrogen and oxygen atoms in total. The summed E-state index contributed by atoms with van der Waals surface area (Å²) in [6.07, 6.45) is 9.16. The third-order valence-electron chi connectivity index (χ3n) is 3.83. The summed E-state index contributed by atoms with van der Waals surface area (Å²) in [5.41, 5.74) is 1.63. The molecule has 0 aliphatic carbocycles. The van der Waals surface area contributed by atoms with Crippen molar-refractivity contribution in [1.29, 1.82) is 0 Å². The van der Waals surface area contributed by atoms with E-state index in [2.05, 4.69) is 27.2 Å². The van der Waals surface area contributed by atoms with Crippen molar-refractivity contribution < 1.29 is 4.79 Å². The number of pyridine rings is 1. The Balaban J connectivity index is 1.90. The minimum atomic E-state index is -0.141. The zero-order valence-electron chi connectivity index (χ0n) is 14.4. The van der Waals surface area contributed by atoms with Gasteiger partial charge in [-0.2, -0.15) is 0 Å². The van der Waals surface area contributed by atoms with Crippen LogP contribution in [-0.4, -0.2) is 41.0 Å². The zero-order valence-corrected chi connectivity index (χ0v) is 14.4. The van der Waals surface area contributed by atoms with Crippen LogP contribution in [0.3, 0.4) is 0 Å². The van der Waals surface area contributed by atoms with Gasteiger partial charge in [0.05, 0.1) is 0 Å². The molecule has 0 saturated carbocycles. The van der Waals surface area contributed by atoms with Crippen LogP contribution in [0.4, 0.5) is 5.82 Å². The molecule has 6 heteroatoms. The van der Waals surface area contributed by atoms with Crippen LogP contribution in [0, 0.1) is 0 Å². The van der Waals surface area contributed by atoms with Gasteiger partial charge in [-0.1, -0.05) is 19.8 Å². The fourth-order valence-corrected chi connectivity index (χ4v) is 2.31. The quantitative estimate of drug-likeness (QED) is 0.716. The third-order valence-corrected chi connectivity index (χ3v) is 3.83. The molecule has 0 atom stereocenters. The normalized spacial score (nSPS) is 10.4. The molecular weight excluding hydrogens is 302 g/mol. The molecule has 0 spiro atoms. The maximum Gasteiger partial charge on any atom is 0.270 e. The number of carbonyl (C=O) groups is 1. The van der Waals surface area contributed by atoms with E-state index >= 15 is 0 Å². The Labute approximate surface area is 143 Å². The fraction of sp³-hybridized carbons (Fsp3) is 0.444. The Hall–Kier alpha value is -2.50. The van der Waals surface area contributed by atoms with Crippen molar-refractivity contribution in [2.24, 2.45) is 0 Å². The smallest absolute Gasteiger partial charge is 0.270 e. The number of likely N-dealkylation sites (N-methyl/N-ethyl adjacent to an activating group) is 1. The van der Waals surface area contributed by atoms with E-state index in [9.17, 15) is 4.79 Å². The highest BCUT2D eigenvalue weighted by Gasteiger charge is 2.10. The first kappa shape index (κ1) is 17.8. The van der Waals surface area contributed by atoms with Crippen molar-refractivity contribution in [3.63, 3.8) is 0 Å². The SMILES string of the molecule is CCCCCNC(=O)c1cc(N(C)CCc2ccncc2)ncn1. The van der Waals surface area contributed by atoms with Crippen LogP contribution < -0.4 is 10.2 Å². The van der Waals surface area contributed by atoms with Crippen LogP contribution in [-0.2, 0) is 6.42 Å². The predicted octanol–water partition coefficient (Wildman–Crippen LogP) is 2.47. The summed E-state index contributed by atoms with van der Waals surface area (Å²) in [6.45, 7) is 3.63. The molecule has 2 aromatic heterocycles. The first-order chi connectivity index (χ1) is 11.7. The van der Waals surface area contributed by atoms with Gasteiger partial charge in [-0.3, -0.25) is 9.78 Å². The van der Waals surface area contributed by atoms with E-state index in [1.807, 2.05) is 24.1 Å². The predicted molar refractivity (Wildman–Crippen MR) is 95.1 cm³/mol. The van der Waals surface area contributed by atoms with E-state index < -0.39 is 0 Å². The third kappa shape index (κ3) is 5.61. The number of amides is 1. The van der Waals surface area contributed by atoms with Crippen LogP contribution in [0.15, 0.2) is 36.9 Å². The summed E-state index contributed by atoms with van der Waals surface area (Å²) in [6, 6.07) is 5.74. The summed E-state index contributed by atoms with van der Waals surface area (Å²) in [7, 11) is 1.96. The Bertz CT molecular complexity index is 632. The second kappa shape index (κ2) is 9.60. The molecule has 1 N–H and O–H groups in total. The monoisotopic (exact) mass is 327 g/mol. The van der Waals surface area contributed by atoms with Gasteiger partial charge in [0.25, 0.3) is 5.91 Å². The van der Waals surface area contributed by atoms with Gasteiger partial charge in [0.2, 0.25) is 0 Å². The van der Waals surface area contributed by atoms with Crippen molar-refractivity contribution in [1.82, 2.24) is 20.3 Å². The molecule has 24 heavy (non-hydrogen) atoms. The van der Waals surface area contributed by atoms with E-state index in [-0.39, 0.29) is 5.91 Å². The van der Waals surface area contributed by atoms with Crippen molar-refractivity contribution in [3.05, 3.63) is 48.2 Å². The highest BCUT2D eigenvalue weighted by molar-refractivity contribution is 5.92. The van der Waals surface area contributed by atoms with Crippen molar-refractivity contribution >= 4 is 11.7 Å². The number of anilines is 1. The highest BCUT2D eigenvalue weighted by atomic mass is 16.1. The largest absolute Gasteiger partial charge is 0.359 e. The number of unbranched alkanes of at least 4 members (excludes halogenated alkanes) is 2. The Morgan fingerprint density at radius 3 is 2.75 bits per heavy atom. The molecule has 0 aromatic carbocycles. The van der Waals surface area contributed by atoms with Crippen LogP contribution in [0.25, 0.3) is 0 Å². The minimum Gasteiger partial charge on any atom is -0.359 e. The Morgan fingerprint density at radius 1 is 1.21 bits per heavy atom. The van der Waals surface area contributed by atoms with Gasteiger partial charge in [-0.05, 0) is 30.5 Å². The standard InChI is InChI=1S/C18H25N5O/c1-3-4-5-9-20-18(24)16-13-17(22-14-21-16)23(2)12-8-15-6-10-19-11-7-15/h6-7,10-11,13-14H,3-5,8-9,12H2,1-2H3,(H,20,24). The summed E-state index contributed by atoms with van der Waals surface area (Å²) in [5.74, 6) is 0.607. The average molecular weight is 327 g/mol. The first-order valence-corrected chi connectivity index (χ1v) is 8.41. The van der Waals surface area contributed by atoms with Crippen LogP contribution in [0.5, 0.6) is 0 Å². The number of carbonyl (C=O) groups excluding carboxylic acids is 1. The lowest BCUT2D eigenvalue weighted by atomic mass is 10.2. The zero-order chi connectivity index (χ0) is 17.2. The molecule has 0 aliphatic heterocycles. The number of rotatable bonds is 9. The molecule has 2 heterocycles. The van der Waals surface area contributed by atoms with Gasteiger partial charge in [-0.25, -0.2) is 9.97 Å². The number of nitrogens with zero attached hydrogens (tertiary/aromatic N) is 4. The highest BCUT2D eigenvalue weighted by Crippen LogP contribution is 2.10. The lowest BCUT2D eigenvalue weighted by Gasteiger charge is -2.18. The second-order valence-electron chi connectivity index (χ2n) is 5.75. The maximum absolute atomic E-state index is 12.1. The lowest BCUT2D eigenvalue weighted by Crippen LogP contribution is -2.27. The van der Waals surface area contributed by atoms with Crippen LogP contribution in [0.1, 0.15) is 42.2 Å². The van der Waals surface area contributed by atoms with E-state index in [0.29, 0.717) is 12.2 Å². The van der Waals surface area contributed by atoms with E-state index in [1.54, 1.807) is 18.5 Å². The summed E-state index contributed by atoms with van der Waals surface area (Å²) >= 11 is 0. The number of aromatic nitrogens is 3. The van der Waals surface area contributed by atoms with Crippen LogP contribution in [0.2, 0.25) is 0 Å². The molecule has 2 aromatic rings. The summed E-state index contributed by atoms with van der Waals surface area (Å²) < 4.78 is 0. The summed E-state index contributed by atoms with van der Waals surface area (Å²) in [4.78, 5) is 26.5. The molecule has 0 radical (unpaired) electrons. The Kier molecular flexibility index (Phi) is 7.14. The van der Waals surface area contributed by atoms with Crippen molar-refractivity contribution in [3.8, 4) is 0 Å². The molecule has 0 aliphatic rings. The molecular formula is C18H25N5O. The molecule has 0 unspecified atom stereocenters. The minimum absolute atomic E-state index is 0.141. The second-order valence-corrected chi connectivity index (χ2v) is 5.75. The molecule has 128 valence electrons. The first-order valence-electron chi connectivity index (χ1n) is 8.41. The van der Waals surface area contributed by atoms with Gasteiger partial charge in [0.15, 0.2) is 0 Å². The van der Waals surface area contributed by atoms with Gasteiger partial charge >= 0.3 is 0 Å². The van der Waals surface area contributed by atoms with Gasteiger partial charge in [-0.15, -0.1) is 0 Å². The van der Waals surface area contributed by atoms with Crippen molar-refractivity contribution in [2.75, 3.05) is 25.0 Å². The van der Waals surface area contributed by atoms with Gasteiger partial charge < -0.3 is 10.2 Å². The number of nitrogens with one attached hydrogen (secondary N) is 1. The Morgan fingerprint density at radius 2 is 2.00 bits per heavy atom. The van der Waals surface area contributed by atoms with Crippen molar-refractivity contribution in [2.45, 2.75) is 32.6 Å². The molecule has 0 bridgehead atoms. The topological polar surface area (TPSA) is 71.0 Å². The van der Waals surface area contributed by atoms with Crippen LogP contribution >= 0.6 is 0 Å². The van der Waals surface area contributed by atoms with E-state index in [0.717, 1.165) is 38.0 Å². The molecule has 0 fully saturated rings. The average Bonchev–Trinajstić information content (AvgIpc) is 2.64. The summed E-state index contributed by atoms with van der Waals surface area (Å²) in [5, 5.41) is 2.90. The van der Waals surface area contributed by atoms with E-state index in [4.69, 9.17) is 0 Å². The van der Waals surface area contributed by atoms with E-state index in [1.165, 1.54) is 11.9 Å². The molecule has 0 saturated heterocycles. The number of hydrogen-bond donors (Lipinski definition) is 1.